The van der Waals surface area contributed by atoms with Crippen molar-refractivity contribution in [3.8, 4) is 0 Å². The Morgan fingerprint density at radius 2 is 2.16 bits per heavy atom. The van der Waals surface area contributed by atoms with Gasteiger partial charge < -0.3 is 10.6 Å². The number of anilines is 1. The Morgan fingerprint density at radius 1 is 1.32 bits per heavy atom. The summed E-state index contributed by atoms with van der Waals surface area (Å²) in [7, 11) is 0. The fourth-order valence-corrected chi connectivity index (χ4v) is 3.47. The molecule has 1 aliphatic heterocycles. The zero-order valence-corrected chi connectivity index (χ0v) is 11.5. The molecular weight excluding hydrogens is 236 g/mol. The molecule has 0 bridgehead atoms. The molecule has 0 aromatic heterocycles. The number of amides is 1. The van der Waals surface area contributed by atoms with E-state index in [4.69, 9.17) is 0 Å². The zero-order chi connectivity index (χ0) is 13.2. The van der Waals surface area contributed by atoms with E-state index in [9.17, 15) is 4.79 Å². The highest BCUT2D eigenvalue weighted by molar-refractivity contribution is 5.95. The second-order valence-corrected chi connectivity index (χ2v) is 5.96. The lowest BCUT2D eigenvalue weighted by molar-refractivity contribution is -0.117. The summed E-state index contributed by atoms with van der Waals surface area (Å²) < 4.78 is 0. The number of hydrogen-bond acceptors (Lipinski definition) is 2. The highest BCUT2D eigenvalue weighted by atomic mass is 16.2. The van der Waals surface area contributed by atoms with E-state index in [2.05, 4.69) is 10.6 Å². The van der Waals surface area contributed by atoms with Crippen LogP contribution in [-0.4, -0.2) is 18.0 Å². The lowest BCUT2D eigenvalue weighted by atomic mass is 9.85. The van der Waals surface area contributed by atoms with Crippen molar-refractivity contribution in [3.05, 3.63) is 29.8 Å². The molecule has 1 aliphatic carbocycles. The molecule has 1 aromatic carbocycles. The van der Waals surface area contributed by atoms with Crippen molar-refractivity contribution < 1.29 is 4.79 Å². The molecule has 1 heterocycles. The maximum Gasteiger partial charge on any atom is 0.241 e. The van der Waals surface area contributed by atoms with E-state index in [1.165, 1.54) is 31.2 Å². The molecule has 1 saturated carbocycles. The Balaban J connectivity index is 1.62. The fourth-order valence-electron chi connectivity index (χ4n) is 3.47. The van der Waals surface area contributed by atoms with Gasteiger partial charge >= 0.3 is 0 Å². The van der Waals surface area contributed by atoms with Crippen molar-refractivity contribution in [2.45, 2.75) is 51.1 Å². The second-order valence-electron chi connectivity index (χ2n) is 5.96. The Kier molecular flexibility index (Phi) is 3.56. The van der Waals surface area contributed by atoms with Crippen molar-refractivity contribution in [1.29, 1.82) is 0 Å². The molecule has 2 fully saturated rings. The molecular formula is C16H22N2O. The average Bonchev–Trinajstić information content (AvgIpc) is 2.82. The summed E-state index contributed by atoms with van der Waals surface area (Å²) >= 11 is 0. The third kappa shape index (κ3) is 2.81. The number of hydrogen-bond donors (Lipinski definition) is 2. The van der Waals surface area contributed by atoms with Gasteiger partial charge in [0.15, 0.2) is 0 Å². The van der Waals surface area contributed by atoms with Crippen molar-refractivity contribution >= 4 is 11.6 Å². The maximum absolute atomic E-state index is 12.3. The monoisotopic (exact) mass is 258 g/mol. The number of benzene rings is 1. The third-order valence-corrected chi connectivity index (χ3v) is 4.46. The van der Waals surface area contributed by atoms with Gasteiger partial charge in [0.25, 0.3) is 0 Å². The van der Waals surface area contributed by atoms with Crippen LogP contribution < -0.4 is 10.6 Å². The summed E-state index contributed by atoms with van der Waals surface area (Å²) in [4.78, 5) is 12.3. The normalized spacial score (nSPS) is 29.8. The molecule has 1 aromatic rings. The van der Waals surface area contributed by atoms with Crippen LogP contribution in [0.3, 0.4) is 0 Å². The number of carbonyl (C=O) groups excluding carboxylic acids is 1. The molecule has 2 aliphatic rings. The van der Waals surface area contributed by atoms with E-state index >= 15 is 0 Å². The van der Waals surface area contributed by atoms with E-state index in [1.54, 1.807) is 0 Å². The Bertz CT molecular complexity index is 458. The predicted octanol–water partition coefficient (Wildman–Crippen LogP) is 2.85. The van der Waals surface area contributed by atoms with Gasteiger partial charge in [0, 0.05) is 11.7 Å². The second kappa shape index (κ2) is 5.33. The summed E-state index contributed by atoms with van der Waals surface area (Å²) in [6, 6.07) is 8.55. The van der Waals surface area contributed by atoms with Gasteiger partial charge in [-0.2, -0.15) is 0 Å². The van der Waals surface area contributed by atoms with Gasteiger partial charge in [-0.25, -0.2) is 0 Å². The summed E-state index contributed by atoms with van der Waals surface area (Å²) in [6.45, 7) is 2.04. The standard InChI is InChI=1S/C16H22N2O/c1-11-5-4-7-13(9-11)17-16(19)15-10-12-6-2-3-8-14(12)18-15/h4-5,7,9,12,14-15,18H,2-3,6,8,10H2,1H3,(H,17,19). The minimum Gasteiger partial charge on any atom is -0.325 e. The van der Waals surface area contributed by atoms with Gasteiger partial charge in [0.05, 0.1) is 6.04 Å². The lowest BCUT2D eigenvalue weighted by Gasteiger charge is -2.24. The van der Waals surface area contributed by atoms with Crippen LogP contribution in [-0.2, 0) is 4.79 Å². The van der Waals surface area contributed by atoms with E-state index in [-0.39, 0.29) is 11.9 Å². The van der Waals surface area contributed by atoms with Gasteiger partial charge in [-0.1, -0.05) is 25.0 Å². The summed E-state index contributed by atoms with van der Waals surface area (Å²) in [5.74, 6) is 0.835. The third-order valence-electron chi connectivity index (χ3n) is 4.46. The molecule has 1 amide bonds. The van der Waals surface area contributed by atoms with Gasteiger partial charge in [-0.15, -0.1) is 0 Å². The summed E-state index contributed by atoms with van der Waals surface area (Å²) in [6.07, 6.45) is 6.16. The van der Waals surface area contributed by atoms with Crippen LogP contribution in [0.1, 0.15) is 37.7 Å². The Morgan fingerprint density at radius 3 is 2.95 bits per heavy atom. The number of rotatable bonds is 2. The van der Waals surface area contributed by atoms with Crippen LogP contribution in [0.4, 0.5) is 5.69 Å². The lowest BCUT2D eigenvalue weighted by Crippen LogP contribution is -2.39. The largest absolute Gasteiger partial charge is 0.325 e. The van der Waals surface area contributed by atoms with Crippen LogP contribution in [0, 0.1) is 12.8 Å². The SMILES string of the molecule is Cc1cccc(NC(=O)C2CC3CCCCC3N2)c1. The van der Waals surface area contributed by atoms with Crippen molar-refractivity contribution in [1.82, 2.24) is 5.32 Å². The quantitative estimate of drug-likeness (QED) is 0.856. The van der Waals surface area contributed by atoms with E-state index in [1.807, 2.05) is 31.2 Å². The molecule has 19 heavy (non-hydrogen) atoms. The van der Waals surface area contributed by atoms with Gasteiger partial charge in [0.2, 0.25) is 5.91 Å². The smallest absolute Gasteiger partial charge is 0.241 e. The number of aryl methyl sites for hydroxylation is 1. The van der Waals surface area contributed by atoms with E-state index in [0.717, 1.165) is 12.1 Å². The predicted molar refractivity (Wildman–Crippen MR) is 77.1 cm³/mol. The molecule has 3 heteroatoms. The zero-order valence-electron chi connectivity index (χ0n) is 11.5. The van der Waals surface area contributed by atoms with Crippen LogP contribution in [0.2, 0.25) is 0 Å². The first kappa shape index (κ1) is 12.7. The highest BCUT2D eigenvalue weighted by Crippen LogP contribution is 2.33. The Hall–Kier alpha value is -1.35. The molecule has 0 spiro atoms. The van der Waals surface area contributed by atoms with Crippen LogP contribution in [0.5, 0.6) is 0 Å². The highest BCUT2D eigenvalue weighted by Gasteiger charge is 2.38. The fraction of sp³-hybridized carbons (Fsp3) is 0.562. The summed E-state index contributed by atoms with van der Waals surface area (Å²) in [5, 5.41) is 6.55. The van der Waals surface area contributed by atoms with E-state index < -0.39 is 0 Å². The molecule has 3 unspecified atom stereocenters. The number of carbonyl (C=O) groups is 1. The summed E-state index contributed by atoms with van der Waals surface area (Å²) in [5.41, 5.74) is 2.08. The molecule has 3 atom stereocenters. The topological polar surface area (TPSA) is 41.1 Å². The minimum absolute atomic E-state index is 0.00591. The average molecular weight is 258 g/mol. The van der Waals surface area contributed by atoms with Crippen molar-refractivity contribution in [2.24, 2.45) is 5.92 Å². The first-order chi connectivity index (χ1) is 9.22. The first-order valence-corrected chi connectivity index (χ1v) is 7.36. The molecule has 1 saturated heterocycles. The number of nitrogens with one attached hydrogen (secondary N) is 2. The molecule has 2 N–H and O–H groups in total. The molecule has 3 rings (SSSR count). The first-order valence-electron chi connectivity index (χ1n) is 7.36. The Labute approximate surface area is 114 Å². The van der Waals surface area contributed by atoms with Gasteiger partial charge in [0.1, 0.15) is 0 Å². The van der Waals surface area contributed by atoms with Crippen LogP contribution >= 0.6 is 0 Å². The minimum atomic E-state index is -0.00591. The molecule has 0 radical (unpaired) electrons. The molecule has 102 valence electrons. The van der Waals surface area contributed by atoms with Gasteiger partial charge in [-0.3, -0.25) is 4.79 Å². The van der Waals surface area contributed by atoms with Crippen molar-refractivity contribution in [2.75, 3.05) is 5.32 Å². The van der Waals surface area contributed by atoms with Crippen molar-refractivity contribution in [3.63, 3.8) is 0 Å². The number of fused-ring (bicyclic) bond motifs is 1. The van der Waals surface area contributed by atoms with Crippen LogP contribution in [0.25, 0.3) is 0 Å². The van der Waals surface area contributed by atoms with E-state index in [0.29, 0.717) is 12.0 Å². The maximum atomic E-state index is 12.3. The van der Waals surface area contributed by atoms with Crippen LogP contribution in [0.15, 0.2) is 24.3 Å². The van der Waals surface area contributed by atoms with Gasteiger partial charge in [-0.05, 0) is 49.8 Å². The molecule has 3 nitrogen and oxygen atoms in total.